The molecule has 0 heterocycles. The van der Waals surface area contributed by atoms with Crippen molar-refractivity contribution in [2.75, 3.05) is 11.1 Å². The number of anilines is 1. The third-order valence-corrected chi connectivity index (χ3v) is 4.12. The van der Waals surface area contributed by atoms with Crippen LogP contribution in [0.2, 0.25) is 0 Å². The monoisotopic (exact) mass is 357 g/mol. The molecule has 2 aromatic rings. The van der Waals surface area contributed by atoms with Crippen LogP contribution >= 0.6 is 27.7 Å². The van der Waals surface area contributed by atoms with E-state index in [4.69, 9.17) is 0 Å². The first kappa shape index (κ1) is 15.0. The van der Waals surface area contributed by atoms with E-state index in [9.17, 15) is 13.6 Å². The Balaban J connectivity index is 1.96. The first-order chi connectivity index (χ1) is 9.56. The van der Waals surface area contributed by atoms with Crippen molar-refractivity contribution in [1.29, 1.82) is 0 Å². The van der Waals surface area contributed by atoms with Crippen molar-refractivity contribution in [3.63, 3.8) is 0 Å². The number of nitrogens with one attached hydrogen (secondary N) is 1. The van der Waals surface area contributed by atoms with Gasteiger partial charge in [0.2, 0.25) is 5.91 Å². The number of thioether (sulfide) groups is 1. The van der Waals surface area contributed by atoms with E-state index in [0.717, 1.165) is 34.4 Å². The molecule has 2 nitrogen and oxygen atoms in total. The van der Waals surface area contributed by atoms with Crippen LogP contribution in [-0.2, 0) is 4.79 Å². The number of amides is 1. The second-order valence-corrected chi connectivity index (χ2v) is 5.76. The first-order valence-electron chi connectivity index (χ1n) is 5.68. The summed E-state index contributed by atoms with van der Waals surface area (Å²) in [6.45, 7) is 0. The Morgan fingerprint density at radius 1 is 1.20 bits per heavy atom. The van der Waals surface area contributed by atoms with Crippen molar-refractivity contribution in [2.24, 2.45) is 0 Å². The van der Waals surface area contributed by atoms with Gasteiger partial charge in [-0.1, -0.05) is 12.1 Å². The molecule has 0 atom stereocenters. The molecule has 0 aliphatic rings. The SMILES string of the molecule is O=C(CSc1cc(F)ccc1F)Nc1ccccc1Br. The van der Waals surface area contributed by atoms with E-state index in [1.807, 2.05) is 6.07 Å². The summed E-state index contributed by atoms with van der Waals surface area (Å²) in [6, 6.07) is 10.3. The molecule has 1 N–H and O–H groups in total. The van der Waals surface area contributed by atoms with E-state index in [2.05, 4.69) is 21.2 Å². The van der Waals surface area contributed by atoms with Crippen molar-refractivity contribution in [2.45, 2.75) is 4.90 Å². The zero-order chi connectivity index (χ0) is 14.5. The Bertz CT molecular complexity index is 636. The summed E-state index contributed by atoms with van der Waals surface area (Å²) in [6.07, 6.45) is 0. The van der Waals surface area contributed by atoms with Crippen LogP contribution in [0.3, 0.4) is 0 Å². The fourth-order valence-corrected chi connectivity index (χ4v) is 2.62. The number of rotatable bonds is 4. The predicted molar refractivity (Wildman–Crippen MR) is 79.9 cm³/mol. The van der Waals surface area contributed by atoms with Gasteiger partial charge in [-0.25, -0.2) is 8.78 Å². The van der Waals surface area contributed by atoms with Crippen molar-refractivity contribution in [3.05, 3.63) is 58.6 Å². The molecule has 104 valence electrons. The van der Waals surface area contributed by atoms with Gasteiger partial charge in [-0.3, -0.25) is 4.79 Å². The molecule has 6 heteroatoms. The maximum atomic E-state index is 13.4. The van der Waals surface area contributed by atoms with Gasteiger partial charge in [0.05, 0.1) is 11.4 Å². The standard InChI is InChI=1S/C14H10BrF2NOS/c15-10-3-1-2-4-12(10)18-14(19)8-20-13-7-9(16)5-6-11(13)17/h1-7H,8H2,(H,18,19). The largest absolute Gasteiger partial charge is 0.324 e. The number of halogens is 3. The highest BCUT2D eigenvalue weighted by Gasteiger charge is 2.09. The summed E-state index contributed by atoms with van der Waals surface area (Å²) in [5, 5.41) is 2.69. The van der Waals surface area contributed by atoms with Gasteiger partial charge in [0.15, 0.2) is 0 Å². The first-order valence-corrected chi connectivity index (χ1v) is 7.46. The topological polar surface area (TPSA) is 29.1 Å². The Labute approximate surface area is 127 Å². The van der Waals surface area contributed by atoms with Crippen LogP contribution in [0.15, 0.2) is 51.8 Å². The summed E-state index contributed by atoms with van der Waals surface area (Å²) in [7, 11) is 0. The quantitative estimate of drug-likeness (QED) is 0.818. The smallest absolute Gasteiger partial charge is 0.234 e. The molecule has 20 heavy (non-hydrogen) atoms. The minimum absolute atomic E-state index is 0.00169. The number of carbonyl (C=O) groups is 1. The maximum Gasteiger partial charge on any atom is 0.234 e. The van der Waals surface area contributed by atoms with Gasteiger partial charge in [0, 0.05) is 9.37 Å². The molecule has 0 saturated carbocycles. The molecule has 0 aliphatic heterocycles. The fraction of sp³-hybridized carbons (Fsp3) is 0.0714. The average Bonchev–Trinajstić information content (AvgIpc) is 2.42. The molecule has 0 saturated heterocycles. The molecule has 2 aromatic carbocycles. The lowest BCUT2D eigenvalue weighted by atomic mass is 10.3. The molecule has 0 spiro atoms. The molecule has 0 aromatic heterocycles. The second-order valence-electron chi connectivity index (χ2n) is 3.89. The molecular formula is C14H10BrF2NOS. The van der Waals surface area contributed by atoms with E-state index in [0.29, 0.717) is 5.69 Å². The van der Waals surface area contributed by atoms with Crippen LogP contribution in [0.25, 0.3) is 0 Å². The summed E-state index contributed by atoms with van der Waals surface area (Å²) < 4.78 is 27.1. The van der Waals surface area contributed by atoms with Gasteiger partial charge in [-0.15, -0.1) is 11.8 Å². The number of para-hydroxylation sites is 1. The Kier molecular flexibility index (Phi) is 5.14. The van der Waals surface area contributed by atoms with Crippen LogP contribution in [0.5, 0.6) is 0 Å². The fourth-order valence-electron chi connectivity index (χ4n) is 1.48. The van der Waals surface area contributed by atoms with Crippen molar-refractivity contribution in [1.82, 2.24) is 0 Å². The summed E-state index contributed by atoms with van der Waals surface area (Å²) in [5.41, 5.74) is 0.637. The number of carbonyl (C=O) groups excluding carboxylic acids is 1. The Hall–Kier alpha value is -1.40. The molecule has 0 fully saturated rings. The maximum absolute atomic E-state index is 13.4. The lowest BCUT2D eigenvalue weighted by Crippen LogP contribution is -2.14. The average molecular weight is 358 g/mol. The normalized spacial score (nSPS) is 10.3. The highest BCUT2D eigenvalue weighted by Crippen LogP contribution is 2.24. The molecule has 0 bridgehead atoms. The molecular weight excluding hydrogens is 348 g/mol. The number of hydrogen-bond acceptors (Lipinski definition) is 2. The van der Waals surface area contributed by atoms with Gasteiger partial charge in [-0.05, 0) is 46.3 Å². The van der Waals surface area contributed by atoms with E-state index in [1.54, 1.807) is 18.2 Å². The van der Waals surface area contributed by atoms with Crippen LogP contribution < -0.4 is 5.32 Å². The molecule has 2 rings (SSSR count). The van der Waals surface area contributed by atoms with Gasteiger partial charge < -0.3 is 5.32 Å². The zero-order valence-corrected chi connectivity index (χ0v) is 12.6. The van der Waals surface area contributed by atoms with Gasteiger partial charge in [0.25, 0.3) is 0 Å². The van der Waals surface area contributed by atoms with Crippen LogP contribution in [-0.4, -0.2) is 11.7 Å². The second kappa shape index (κ2) is 6.85. The molecule has 0 aliphatic carbocycles. The third kappa shape index (κ3) is 4.05. The summed E-state index contributed by atoms with van der Waals surface area (Å²) >= 11 is 4.26. The number of benzene rings is 2. The summed E-state index contributed by atoms with van der Waals surface area (Å²) in [4.78, 5) is 11.9. The third-order valence-electron chi connectivity index (χ3n) is 2.40. The molecule has 0 unspecified atom stereocenters. The van der Waals surface area contributed by atoms with Gasteiger partial charge >= 0.3 is 0 Å². The van der Waals surface area contributed by atoms with Crippen molar-refractivity contribution in [3.8, 4) is 0 Å². The van der Waals surface area contributed by atoms with Crippen LogP contribution in [0.1, 0.15) is 0 Å². The molecule has 0 radical (unpaired) electrons. The van der Waals surface area contributed by atoms with E-state index >= 15 is 0 Å². The van der Waals surface area contributed by atoms with Gasteiger partial charge in [0.1, 0.15) is 11.6 Å². The number of hydrogen-bond donors (Lipinski definition) is 1. The highest BCUT2D eigenvalue weighted by atomic mass is 79.9. The minimum Gasteiger partial charge on any atom is -0.324 e. The predicted octanol–water partition coefficient (Wildman–Crippen LogP) is 4.46. The van der Waals surface area contributed by atoms with E-state index in [1.165, 1.54) is 0 Å². The van der Waals surface area contributed by atoms with Crippen LogP contribution in [0, 0.1) is 11.6 Å². The Morgan fingerprint density at radius 2 is 1.95 bits per heavy atom. The highest BCUT2D eigenvalue weighted by molar-refractivity contribution is 9.10. The van der Waals surface area contributed by atoms with E-state index in [-0.39, 0.29) is 16.6 Å². The van der Waals surface area contributed by atoms with Crippen molar-refractivity contribution >= 4 is 39.3 Å². The lowest BCUT2D eigenvalue weighted by molar-refractivity contribution is -0.113. The Morgan fingerprint density at radius 3 is 2.70 bits per heavy atom. The zero-order valence-electron chi connectivity index (χ0n) is 10.2. The van der Waals surface area contributed by atoms with E-state index < -0.39 is 11.6 Å². The van der Waals surface area contributed by atoms with Crippen molar-refractivity contribution < 1.29 is 13.6 Å². The van der Waals surface area contributed by atoms with Crippen LogP contribution in [0.4, 0.5) is 14.5 Å². The summed E-state index contributed by atoms with van der Waals surface area (Å²) in [5.74, 6) is -1.35. The van der Waals surface area contributed by atoms with Gasteiger partial charge in [-0.2, -0.15) is 0 Å². The lowest BCUT2D eigenvalue weighted by Gasteiger charge is -2.07. The minimum atomic E-state index is -0.537. The molecule has 1 amide bonds.